The molecule has 3 aromatic carbocycles. The third-order valence-corrected chi connectivity index (χ3v) is 6.55. The molecular formula is C29H28FN3O4. The average molecular weight is 502 g/mol. The number of ether oxygens (including phenoxy) is 3. The van der Waals surface area contributed by atoms with Gasteiger partial charge >= 0.3 is 6.03 Å². The van der Waals surface area contributed by atoms with Crippen molar-refractivity contribution in [2.24, 2.45) is 0 Å². The Balaban J connectivity index is 1.29. The van der Waals surface area contributed by atoms with Crippen LogP contribution in [0, 0.1) is 5.82 Å². The molecule has 0 aromatic heterocycles. The van der Waals surface area contributed by atoms with Gasteiger partial charge < -0.3 is 19.5 Å². The van der Waals surface area contributed by atoms with Crippen molar-refractivity contribution >= 4 is 23.0 Å². The Bertz CT molecular complexity index is 1450. The number of fused-ring (bicyclic) bond motifs is 2. The van der Waals surface area contributed by atoms with Crippen molar-refractivity contribution in [3.63, 3.8) is 0 Å². The molecule has 0 bridgehead atoms. The van der Waals surface area contributed by atoms with Crippen LogP contribution in [0.3, 0.4) is 0 Å². The van der Waals surface area contributed by atoms with Crippen molar-refractivity contribution in [1.82, 2.24) is 10.4 Å². The molecule has 0 saturated carbocycles. The first-order chi connectivity index (χ1) is 17.6. The van der Waals surface area contributed by atoms with Gasteiger partial charge in [-0.2, -0.15) is 0 Å². The number of urea groups is 1. The number of hydrogen-bond donors (Lipinski definition) is 2. The van der Waals surface area contributed by atoms with Gasteiger partial charge in [-0.3, -0.25) is 5.43 Å². The smallest absolute Gasteiger partial charge is 0.340 e. The maximum absolute atomic E-state index is 15.0. The van der Waals surface area contributed by atoms with Gasteiger partial charge in [0, 0.05) is 42.7 Å². The summed E-state index contributed by atoms with van der Waals surface area (Å²) in [5.74, 6) is -0.222. The molecule has 190 valence electrons. The zero-order valence-corrected chi connectivity index (χ0v) is 21.1. The number of carbonyl (C=O) groups excluding carboxylic acids is 1. The molecule has 0 unspecified atom stereocenters. The van der Waals surface area contributed by atoms with Crippen LogP contribution in [-0.4, -0.2) is 29.0 Å². The summed E-state index contributed by atoms with van der Waals surface area (Å²) in [4.78, 5) is 13.3. The van der Waals surface area contributed by atoms with Gasteiger partial charge in [0.15, 0.2) is 11.6 Å². The maximum Gasteiger partial charge on any atom is 0.340 e. The van der Waals surface area contributed by atoms with Crippen LogP contribution in [0.15, 0.2) is 60.7 Å². The number of rotatable bonds is 3. The second kappa shape index (κ2) is 8.16. The predicted molar refractivity (Wildman–Crippen MR) is 139 cm³/mol. The van der Waals surface area contributed by atoms with Crippen molar-refractivity contribution in [2.45, 2.75) is 45.5 Å². The summed E-state index contributed by atoms with van der Waals surface area (Å²) < 4.78 is 32.4. The summed E-state index contributed by atoms with van der Waals surface area (Å²) >= 11 is 0. The molecule has 3 aliphatic heterocycles. The van der Waals surface area contributed by atoms with Crippen molar-refractivity contribution in [1.29, 1.82) is 0 Å². The lowest BCUT2D eigenvalue weighted by molar-refractivity contribution is -0.0445. The number of nitrogens with zero attached hydrogens (tertiary/aromatic N) is 1. The highest BCUT2D eigenvalue weighted by Gasteiger charge is 2.36. The lowest BCUT2D eigenvalue weighted by Crippen LogP contribution is -2.40. The van der Waals surface area contributed by atoms with E-state index in [1.165, 1.54) is 11.1 Å². The van der Waals surface area contributed by atoms with E-state index < -0.39 is 11.6 Å². The van der Waals surface area contributed by atoms with E-state index in [-0.39, 0.29) is 23.9 Å². The number of hydrazine groups is 1. The summed E-state index contributed by atoms with van der Waals surface area (Å²) in [5.41, 5.74) is 7.63. The van der Waals surface area contributed by atoms with Gasteiger partial charge in [0.2, 0.25) is 11.5 Å². The minimum Gasteiger partial charge on any atom is -0.487 e. The molecule has 0 spiro atoms. The SMILES string of the molecule is CC1(C)Cc2cc(NC(=O)N3CC(c4ccccc4)=C(c4cc(F)c5c(c4)OC(C)(C)O5)N3)ccc2O1. The molecule has 37 heavy (non-hydrogen) atoms. The van der Waals surface area contributed by atoms with E-state index in [1.54, 1.807) is 19.9 Å². The molecule has 7 nitrogen and oxygen atoms in total. The lowest BCUT2D eigenvalue weighted by Gasteiger charge is -2.19. The first-order valence-corrected chi connectivity index (χ1v) is 12.2. The van der Waals surface area contributed by atoms with Crippen LogP contribution in [0.25, 0.3) is 11.3 Å². The number of amides is 2. The van der Waals surface area contributed by atoms with E-state index in [4.69, 9.17) is 14.2 Å². The molecule has 6 rings (SSSR count). The molecule has 0 atom stereocenters. The fourth-order valence-electron chi connectivity index (χ4n) is 5.01. The molecule has 0 saturated heterocycles. The predicted octanol–water partition coefficient (Wildman–Crippen LogP) is 5.97. The Labute approximate surface area is 214 Å². The number of benzene rings is 3. The third-order valence-electron chi connectivity index (χ3n) is 6.55. The van der Waals surface area contributed by atoms with Gasteiger partial charge in [-0.25, -0.2) is 14.2 Å². The molecule has 0 radical (unpaired) electrons. The number of hydrogen-bond acceptors (Lipinski definition) is 5. The van der Waals surface area contributed by atoms with Gasteiger partial charge in [-0.05, 0) is 49.7 Å². The maximum atomic E-state index is 15.0. The van der Waals surface area contributed by atoms with Crippen LogP contribution in [-0.2, 0) is 6.42 Å². The first kappa shape index (κ1) is 23.2. The molecule has 3 aliphatic rings. The monoisotopic (exact) mass is 501 g/mol. The van der Waals surface area contributed by atoms with E-state index in [9.17, 15) is 4.79 Å². The normalized spacial score (nSPS) is 18.4. The van der Waals surface area contributed by atoms with Gasteiger partial charge in [-0.1, -0.05) is 30.3 Å². The van der Waals surface area contributed by atoms with Gasteiger partial charge in [0.25, 0.3) is 0 Å². The fraction of sp³-hybridized carbons (Fsp3) is 0.276. The lowest BCUT2D eigenvalue weighted by atomic mass is 10.0. The minimum absolute atomic E-state index is 0.0898. The van der Waals surface area contributed by atoms with Crippen LogP contribution in [0.4, 0.5) is 14.9 Å². The second-order valence-corrected chi connectivity index (χ2v) is 10.6. The zero-order valence-electron chi connectivity index (χ0n) is 21.1. The van der Waals surface area contributed by atoms with E-state index in [2.05, 4.69) is 10.7 Å². The average Bonchev–Trinajstić information content (AvgIpc) is 3.50. The Morgan fingerprint density at radius 3 is 2.51 bits per heavy atom. The quantitative estimate of drug-likeness (QED) is 0.463. The second-order valence-electron chi connectivity index (χ2n) is 10.6. The number of anilines is 1. The van der Waals surface area contributed by atoms with Crippen molar-refractivity contribution in [2.75, 3.05) is 11.9 Å². The van der Waals surface area contributed by atoms with Gasteiger partial charge in [-0.15, -0.1) is 0 Å². The molecule has 0 aliphatic carbocycles. The summed E-state index contributed by atoms with van der Waals surface area (Å²) in [6, 6.07) is 18.2. The third kappa shape index (κ3) is 4.33. The van der Waals surface area contributed by atoms with Crippen molar-refractivity contribution < 1.29 is 23.4 Å². The Morgan fingerprint density at radius 2 is 1.73 bits per heavy atom. The molecule has 2 N–H and O–H groups in total. The van der Waals surface area contributed by atoms with Crippen LogP contribution in [0.5, 0.6) is 17.2 Å². The standard InChI is InChI=1S/C29H28FN3O4/c1-28(2)15-19-12-20(10-11-23(19)35-28)31-27(34)33-16-21(17-8-6-5-7-9-17)25(32-33)18-13-22(30)26-24(14-18)36-29(3,4)37-26/h5-14,32H,15-16H2,1-4H3,(H,31,34). The van der Waals surface area contributed by atoms with Crippen molar-refractivity contribution in [3.05, 3.63) is 83.2 Å². The van der Waals surface area contributed by atoms with Crippen LogP contribution >= 0.6 is 0 Å². The zero-order chi connectivity index (χ0) is 25.9. The molecular weight excluding hydrogens is 473 g/mol. The number of nitrogens with one attached hydrogen (secondary N) is 2. The molecule has 2 amide bonds. The molecule has 3 heterocycles. The summed E-state index contributed by atoms with van der Waals surface area (Å²) in [6.45, 7) is 7.82. The molecule has 8 heteroatoms. The van der Waals surface area contributed by atoms with Gasteiger partial charge in [0.05, 0.1) is 12.2 Å². The topological polar surface area (TPSA) is 72.1 Å². The summed E-state index contributed by atoms with van der Waals surface area (Å²) in [6.07, 6.45) is 0.768. The minimum atomic E-state index is -0.955. The summed E-state index contributed by atoms with van der Waals surface area (Å²) in [5, 5.41) is 4.46. The fourth-order valence-corrected chi connectivity index (χ4v) is 5.01. The summed E-state index contributed by atoms with van der Waals surface area (Å²) in [7, 11) is 0. The van der Waals surface area contributed by atoms with Crippen LogP contribution in [0.1, 0.15) is 44.4 Å². The van der Waals surface area contributed by atoms with E-state index in [0.717, 1.165) is 28.9 Å². The first-order valence-electron chi connectivity index (χ1n) is 12.2. The largest absolute Gasteiger partial charge is 0.487 e. The Hall–Kier alpha value is -4.20. The van der Waals surface area contributed by atoms with Crippen LogP contribution in [0.2, 0.25) is 0 Å². The van der Waals surface area contributed by atoms with E-state index in [1.807, 2.05) is 62.4 Å². The molecule has 0 fully saturated rings. The number of halogens is 1. The van der Waals surface area contributed by atoms with Gasteiger partial charge in [0.1, 0.15) is 11.4 Å². The van der Waals surface area contributed by atoms with Crippen molar-refractivity contribution in [3.8, 4) is 17.2 Å². The highest BCUT2D eigenvalue weighted by Crippen LogP contribution is 2.44. The number of carbonyl (C=O) groups is 1. The van der Waals surface area contributed by atoms with Crippen LogP contribution < -0.4 is 25.0 Å². The highest BCUT2D eigenvalue weighted by atomic mass is 19.1. The Morgan fingerprint density at radius 1 is 0.946 bits per heavy atom. The highest BCUT2D eigenvalue weighted by molar-refractivity contribution is 5.98. The Kier molecular flexibility index (Phi) is 5.12. The van der Waals surface area contributed by atoms with E-state index >= 15 is 4.39 Å². The van der Waals surface area contributed by atoms with E-state index in [0.29, 0.717) is 22.7 Å². The molecule has 3 aromatic rings.